The molecule has 0 aliphatic carbocycles. The second kappa shape index (κ2) is 5.07. The Morgan fingerprint density at radius 3 is 2.10 bits per heavy atom. The molecule has 2 N–H and O–H groups in total. The van der Waals surface area contributed by atoms with Crippen molar-refractivity contribution in [1.82, 2.24) is 0 Å². The molecule has 0 aliphatic heterocycles. The molecule has 0 aliphatic rings. The van der Waals surface area contributed by atoms with E-state index >= 15 is 0 Å². The first-order valence-corrected chi connectivity index (χ1v) is 3.99. The van der Waals surface area contributed by atoms with Gasteiger partial charge in [-0.05, 0) is 0 Å². The Bertz CT molecular complexity index is 117. The van der Waals surface area contributed by atoms with Crippen molar-refractivity contribution >= 4 is 35.7 Å². The van der Waals surface area contributed by atoms with E-state index in [1.165, 1.54) is 0 Å². The maximum Gasteiger partial charge on any atom is -0.813 e. The minimum atomic E-state index is 0. The fourth-order valence-corrected chi connectivity index (χ4v) is 1.22. The molecule has 0 aromatic carbocycles. The number of hydrogen-bond donors (Lipinski definition) is 1. The first-order chi connectivity index (χ1) is 3.95. The monoisotopic (exact) mass is 220 g/mol. The van der Waals surface area contributed by atoms with Crippen molar-refractivity contribution in [3.8, 4) is 0 Å². The summed E-state index contributed by atoms with van der Waals surface area (Å²) in [7, 11) is 0. The first kappa shape index (κ1) is 13.0. The summed E-state index contributed by atoms with van der Waals surface area (Å²) in [5.74, 6) is 5.07. The van der Waals surface area contributed by atoms with Gasteiger partial charge >= 0.3 is 64.6 Å². The molecule has 0 bridgehead atoms. The van der Waals surface area contributed by atoms with Gasteiger partial charge in [0.1, 0.15) is 0 Å². The van der Waals surface area contributed by atoms with Gasteiger partial charge in [0, 0.05) is 0 Å². The maximum atomic E-state index is 5.07. The van der Waals surface area contributed by atoms with E-state index in [-0.39, 0.29) is 13.5 Å². The molecule has 0 saturated heterocycles. The summed E-state index contributed by atoms with van der Waals surface area (Å²) in [4.78, 5) is 0. The van der Waals surface area contributed by atoms with Crippen LogP contribution in [0.15, 0.2) is 5.10 Å². The predicted octanol–water partition coefficient (Wildman–Crippen LogP) is 0.808. The molecule has 0 unspecified atom stereocenters. The number of nitrogens with two attached hydrogens (primary N) is 1. The van der Waals surface area contributed by atoms with Gasteiger partial charge in [-0.1, -0.05) is 0 Å². The fourth-order valence-electron chi connectivity index (χ4n) is 0.685. The third-order valence-corrected chi connectivity index (χ3v) is 1.29. The van der Waals surface area contributed by atoms with Crippen LogP contribution in [-0.4, -0.2) is 22.2 Å². The molecule has 59 valence electrons. The summed E-state index contributed by atoms with van der Waals surface area (Å²) in [5.41, 5.74) is 1.02. The molecule has 0 amide bonds. The zero-order chi connectivity index (χ0) is 7.49. The van der Waals surface area contributed by atoms with Crippen LogP contribution in [0.2, 0.25) is 4.25 Å². The minimum absolute atomic E-state index is 0. The molecule has 0 spiro atoms. The van der Waals surface area contributed by atoms with E-state index in [0.29, 0.717) is 4.25 Å². The van der Waals surface area contributed by atoms with Crippen LogP contribution in [0.4, 0.5) is 0 Å². The molecule has 0 heterocycles. The first-order valence-electron chi connectivity index (χ1n) is 2.94. The standard InChI is InChI=1S/C6H13GeN2.H2S/c1-5(9-8)4-6(2,3)7;/h4,8H2,1-3H3;1H2/p-1/b9-5+;. The van der Waals surface area contributed by atoms with Crippen molar-refractivity contribution in [3.63, 3.8) is 0 Å². The molecular formula is C6H14GeN2S-. The Balaban J connectivity index is 0. The largest absolute Gasteiger partial charge is 0.813 e. The number of hydrazone groups is 1. The Morgan fingerprint density at radius 2 is 2.00 bits per heavy atom. The smallest absolute Gasteiger partial charge is 0.813 e. The Labute approximate surface area is 78.3 Å². The topological polar surface area (TPSA) is 38.4 Å². The van der Waals surface area contributed by atoms with Gasteiger partial charge in [0.05, 0.1) is 0 Å². The van der Waals surface area contributed by atoms with Gasteiger partial charge < -0.3 is 13.5 Å². The van der Waals surface area contributed by atoms with Crippen LogP contribution in [0.25, 0.3) is 0 Å². The zero-order valence-corrected chi connectivity index (χ0v) is 9.67. The van der Waals surface area contributed by atoms with Crippen LogP contribution < -0.4 is 5.84 Å². The quantitative estimate of drug-likeness (QED) is 0.186. The van der Waals surface area contributed by atoms with E-state index in [2.05, 4.69) is 35.5 Å². The van der Waals surface area contributed by atoms with Crippen molar-refractivity contribution in [3.05, 3.63) is 0 Å². The van der Waals surface area contributed by atoms with Gasteiger partial charge in [-0.15, -0.1) is 0 Å². The van der Waals surface area contributed by atoms with Gasteiger partial charge in [0.25, 0.3) is 0 Å². The summed E-state index contributed by atoms with van der Waals surface area (Å²) in [6, 6.07) is 0. The minimum Gasteiger partial charge on any atom is -0.813 e. The van der Waals surface area contributed by atoms with E-state index in [1.807, 2.05) is 6.92 Å². The summed E-state index contributed by atoms with van der Waals surface area (Å²) in [6.45, 7) is 6.29. The molecule has 0 fully saturated rings. The van der Waals surface area contributed by atoms with Crippen molar-refractivity contribution in [1.29, 1.82) is 0 Å². The number of rotatable bonds is 2. The SMILES string of the molecule is C/C(C[C](C)(C)[Ge])=N\N.[SH-]. The van der Waals surface area contributed by atoms with Crippen molar-refractivity contribution < 1.29 is 0 Å². The van der Waals surface area contributed by atoms with Crippen LogP contribution in [0.1, 0.15) is 27.2 Å². The molecule has 10 heavy (non-hydrogen) atoms. The zero-order valence-electron chi connectivity index (χ0n) is 6.68. The van der Waals surface area contributed by atoms with E-state index < -0.39 is 0 Å². The van der Waals surface area contributed by atoms with Crippen LogP contribution in [0.3, 0.4) is 0 Å². The molecule has 0 aromatic heterocycles. The van der Waals surface area contributed by atoms with Crippen LogP contribution in [0.5, 0.6) is 0 Å². The molecule has 0 rings (SSSR count). The van der Waals surface area contributed by atoms with E-state index in [1.54, 1.807) is 0 Å². The second-order valence-corrected chi connectivity index (χ2v) is 5.76. The number of hydrogen-bond acceptors (Lipinski definition) is 3. The molecule has 0 saturated carbocycles. The Kier molecular flexibility index (Phi) is 6.59. The van der Waals surface area contributed by atoms with Crippen LogP contribution in [0, 0.1) is 0 Å². The Morgan fingerprint density at radius 1 is 1.60 bits per heavy atom. The number of thiol groups is 1. The van der Waals surface area contributed by atoms with E-state index in [0.717, 1.165) is 12.1 Å². The molecular weight excluding hydrogens is 205 g/mol. The average molecular weight is 219 g/mol. The van der Waals surface area contributed by atoms with Crippen LogP contribution in [-0.2, 0) is 13.5 Å². The summed E-state index contributed by atoms with van der Waals surface area (Å²) in [6.07, 6.45) is 0.976. The fraction of sp³-hybridized carbons (Fsp3) is 0.833. The van der Waals surface area contributed by atoms with Gasteiger partial charge in [-0.2, -0.15) is 0 Å². The van der Waals surface area contributed by atoms with E-state index in [9.17, 15) is 0 Å². The van der Waals surface area contributed by atoms with Crippen molar-refractivity contribution in [2.24, 2.45) is 10.9 Å². The molecule has 0 aromatic rings. The molecule has 0 atom stereocenters. The summed E-state index contributed by atoms with van der Waals surface area (Å²) in [5, 5.41) is 3.59. The van der Waals surface area contributed by atoms with Gasteiger partial charge in [-0.25, -0.2) is 0 Å². The van der Waals surface area contributed by atoms with Gasteiger partial charge in [0.15, 0.2) is 0 Å². The van der Waals surface area contributed by atoms with Crippen molar-refractivity contribution in [2.45, 2.75) is 31.4 Å². The van der Waals surface area contributed by atoms with E-state index in [4.69, 9.17) is 5.84 Å². The molecule has 2 nitrogen and oxygen atoms in total. The summed E-state index contributed by atoms with van der Waals surface area (Å²) < 4.78 is 0.312. The average Bonchev–Trinajstić information content (AvgIpc) is 1.62. The second-order valence-electron chi connectivity index (χ2n) is 2.93. The molecule has 3 radical (unpaired) electrons. The third-order valence-electron chi connectivity index (χ3n) is 0.918. The molecule has 4 heteroatoms. The number of nitrogens with zero attached hydrogens (tertiary/aromatic N) is 1. The van der Waals surface area contributed by atoms with Gasteiger partial charge in [-0.3, -0.25) is 0 Å². The predicted molar refractivity (Wildman–Crippen MR) is 50.5 cm³/mol. The normalized spacial score (nSPS) is 12.6. The van der Waals surface area contributed by atoms with Gasteiger partial charge in [0.2, 0.25) is 0 Å². The third kappa shape index (κ3) is 8.36. The summed E-state index contributed by atoms with van der Waals surface area (Å²) >= 11 is 2.17. The maximum absolute atomic E-state index is 5.07. The Hall–Kier alpha value is 0.363. The van der Waals surface area contributed by atoms with Crippen LogP contribution >= 0.6 is 0 Å². The van der Waals surface area contributed by atoms with Crippen molar-refractivity contribution in [2.75, 3.05) is 0 Å².